The molecular formula is C12H15BrN4S. The van der Waals surface area contributed by atoms with Gasteiger partial charge in [0.15, 0.2) is 5.13 Å². The highest BCUT2D eigenvalue weighted by Gasteiger charge is 2.05. The molecule has 1 heterocycles. The highest BCUT2D eigenvalue weighted by atomic mass is 79.9. The number of nitrogens with one attached hydrogen (secondary N) is 1. The molecule has 0 atom stereocenters. The largest absolute Gasteiger partial charge is 0.300 e. The Morgan fingerprint density at radius 2 is 2.28 bits per heavy atom. The molecule has 6 heteroatoms. The summed E-state index contributed by atoms with van der Waals surface area (Å²) in [6.45, 7) is 1.77. The number of nitrogen functional groups attached to an aromatic ring is 1. The molecule has 0 aliphatic rings. The van der Waals surface area contributed by atoms with Gasteiger partial charge < -0.3 is 0 Å². The van der Waals surface area contributed by atoms with E-state index in [9.17, 15) is 0 Å². The number of anilines is 1. The van der Waals surface area contributed by atoms with Gasteiger partial charge in [0.2, 0.25) is 0 Å². The van der Waals surface area contributed by atoms with Gasteiger partial charge in [-0.2, -0.15) is 0 Å². The third-order valence-corrected chi connectivity index (χ3v) is 3.85. The summed E-state index contributed by atoms with van der Waals surface area (Å²) in [5, 5.41) is 0.751. The molecule has 0 spiro atoms. The van der Waals surface area contributed by atoms with Crippen LogP contribution in [0.2, 0.25) is 0 Å². The van der Waals surface area contributed by atoms with Crippen molar-refractivity contribution in [2.75, 3.05) is 12.5 Å². The van der Waals surface area contributed by atoms with E-state index in [0.29, 0.717) is 0 Å². The second kappa shape index (κ2) is 6.29. The molecule has 96 valence electrons. The molecule has 2 aromatic rings. The van der Waals surface area contributed by atoms with Crippen LogP contribution in [0.15, 0.2) is 34.9 Å². The van der Waals surface area contributed by atoms with E-state index in [2.05, 4.69) is 56.5 Å². The van der Waals surface area contributed by atoms with Crippen LogP contribution in [0.25, 0.3) is 0 Å². The normalized spacial score (nSPS) is 10.9. The van der Waals surface area contributed by atoms with Crippen molar-refractivity contribution in [2.24, 2.45) is 5.84 Å². The van der Waals surface area contributed by atoms with Gasteiger partial charge in [-0.25, -0.2) is 10.8 Å². The lowest BCUT2D eigenvalue weighted by Crippen LogP contribution is -2.16. The molecule has 0 aliphatic heterocycles. The van der Waals surface area contributed by atoms with Crippen LogP contribution in [0, 0.1) is 0 Å². The van der Waals surface area contributed by atoms with E-state index < -0.39 is 0 Å². The molecule has 0 radical (unpaired) electrons. The Kier molecular flexibility index (Phi) is 4.71. The van der Waals surface area contributed by atoms with Crippen LogP contribution < -0.4 is 11.3 Å². The van der Waals surface area contributed by atoms with Crippen LogP contribution in [0.1, 0.15) is 10.4 Å². The van der Waals surface area contributed by atoms with Crippen molar-refractivity contribution < 1.29 is 0 Å². The second-order valence-electron chi connectivity index (χ2n) is 4.08. The van der Waals surface area contributed by atoms with Gasteiger partial charge in [-0.1, -0.05) is 39.4 Å². The molecule has 0 amide bonds. The molecule has 1 aromatic heterocycles. The number of nitrogens with two attached hydrogens (primary N) is 1. The number of nitrogens with zero attached hydrogens (tertiary/aromatic N) is 2. The summed E-state index contributed by atoms with van der Waals surface area (Å²) in [4.78, 5) is 7.60. The molecule has 0 unspecified atom stereocenters. The summed E-state index contributed by atoms with van der Waals surface area (Å²) in [7, 11) is 2.09. The van der Waals surface area contributed by atoms with Gasteiger partial charge in [-0.05, 0) is 24.7 Å². The molecule has 0 fully saturated rings. The average Bonchev–Trinajstić information content (AvgIpc) is 2.76. The van der Waals surface area contributed by atoms with E-state index in [-0.39, 0.29) is 0 Å². The van der Waals surface area contributed by atoms with Gasteiger partial charge in [0, 0.05) is 28.6 Å². The van der Waals surface area contributed by atoms with Crippen molar-refractivity contribution in [2.45, 2.75) is 13.1 Å². The topological polar surface area (TPSA) is 54.2 Å². The van der Waals surface area contributed by atoms with E-state index in [1.54, 1.807) is 11.3 Å². The van der Waals surface area contributed by atoms with Crippen molar-refractivity contribution >= 4 is 32.4 Å². The number of rotatable bonds is 5. The molecule has 18 heavy (non-hydrogen) atoms. The van der Waals surface area contributed by atoms with E-state index in [4.69, 9.17) is 5.84 Å². The Hall–Kier alpha value is -0.950. The van der Waals surface area contributed by atoms with E-state index in [0.717, 1.165) is 22.7 Å². The molecule has 0 aliphatic carbocycles. The second-order valence-corrected chi connectivity index (χ2v) is 6.11. The van der Waals surface area contributed by atoms with Crippen molar-refractivity contribution in [3.8, 4) is 0 Å². The van der Waals surface area contributed by atoms with Crippen LogP contribution in [-0.2, 0) is 13.1 Å². The monoisotopic (exact) mass is 326 g/mol. The molecule has 4 nitrogen and oxygen atoms in total. The van der Waals surface area contributed by atoms with Crippen LogP contribution in [0.5, 0.6) is 0 Å². The predicted molar refractivity (Wildman–Crippen MR) is 79.2 cm³/mol. The zero-order chi connectivity index (χ0) is 13.0. The smallest absolute Gasteiger partial charge is 0.197 e. The summed E-state index contributed by atoms with van der Waals surface area (Å²) in [5.74, 6) is 5.31. The Bertz CT molecular complexity index is 514. The zero-order valence-corrected chi connectivity index (χ0v) is 12.5. The molecule has 0 bridgehead atoms. The first-order valence-corrected chi connectivity index (χ1v) is 7.12. The van der Waals surface area contributed by atoms with Crippen molar-refractivity contribution in [3.63, 3.8) is 0 Å². The summed E-state index contributed by atoms with van der Waals surface area (Å²) >= 11 is 5.06. The summed E-state index contributed by atoms with van der Waals surface area (Å²) in [6, 6.07) is 8.35. The summed E-state index contributed by atoms with van der Waals surface area (Å²) in [5.41, 5.74) is 3.85. The van der Waals surface area contributed by atoms with E-state index >= 15 is 0 Å². The number of hydrogen-bond donors (Lipinski definition) is 2. The molecule has 3 N–H and O–H groups in total. The number of thiazole rings is 1. The van der Waals surface area contributed by atoms with Crippen LogP contribution >= 0.6 is 27.3 Å². The summed E-state index contributed by atoms with van der Waals surface area (Å²) in [6.07, 6.45) is 1.86. The SMILES string of the molecule is CN(Cc1cccc(Br)c1)Cc1cnc(NN)s1. The number of hydrogen-bond acceptors (Lipinski definition) is 5. The first kappa shape index (κ1) is 13.5. The number of halogens is 1. The Morgan fingerprint density at radius 3 is 2.94 bits per heavy atom. The van der Waals surface area contributed by atoms with Gasteiger partial charge in [-0.15, -0.1) is 0 Å². The maximum atomic E-state index is 5.31. The Labute approximate surface area is 119 Å². The fourth-order valence-electron chi connectivity index (χ4n) is 1.72. The van der Waals surface area contributed by atoms with Crippen LogP contribution in [-0.4, -0.2) is 16.9 Å². The van der Waals surface area contributed by atoms with Crippen LogP contribution in [0.4, 0.5) is 5.13 Å². The minimum Gasteiger partial charge on any atom is -0.300 e. The molecule has 0 saturated carbocycles. The minimum absolute atomic E-state index is 0.751. The molecule has 1 aromatic carbocycles. The van der Waals surface area contributed by atoms with Gasteiger partial charge in [-0.3, -0.25) is 10.3 Å². The zero-order valence-electron chi connectivity index (χ0n) is 10.1. The third kappa shape index (κ3) is 3.78. The fraction of sp³-hybridized carbons (Fsp3) is 0.250. The Morgan fingerprint density at radius 1 is 1.44 bits per heavy atom. The van der Waals surface area contributed by atoms with Crippen molar-refractivity contribution in [1.82, 2.24) is 9.88 Å². The third-order valence-electron chi connectivity index (χ3n) is 2.44. The van der Waals surface area contributed by atoms with E-state index in [1.807, 2.05) is 12.3 Å². The quantitative estimate of drug-likeness (QED) is 0.655. The molecule has 0 saturated heterocycles. The summed E-state index contributed by atoms with van der Waals surface area (Å²) < 4.78 is 1.11. The predicted octanol–water partition coefficient (Wildman–Crippen LogP) is 2.82. The lowest BCUT2D eigenvalue weighted by atomic mass is 10.2. The van der Waals surface area contributed by atoms with Crippen molar-refractivity contribution in [3.05, 3.63) is 45.4 Å². The van der Waals surface area contributed by atoms with Gasteiger partial charge in [0.1, 0.15) is 0 Å². The lowest BCUT2D eigenvalue weighted by molar-refractivity contribution is 0.322. The maximum Gasteiger partial charge on any atom is 0.197 e. The number of aromatic nitrogens is 1. The average molecular weight is 327 g/mol. The van der Waals surface area contributed by atoms with Crippen molar-refractivity contribution in [1.29, 1.82) is 0 Å². The number of hydrazine groups is 1. The Balaban J connectivity index is 1.94. The lowest BCUT2D eigenvalue weighted by Gasteiger charge is -2.15. The van der Waals surface area contributed by atoms with E-state index in [1.165, 1.54) is 10.4 Å². The standard InChI is InChI=1S/C12H15BrN4S/c1-17(7-9-3-2-4-10(13)5-9)8-11-6-15-12(16-14)18-11/h2-6H,7-8,14H2,1H3,(H,15,16). The minimum atomic E-state index is 0.751. The first-order valence-electron chi connectivity index (χ1n) is 5.51. The fourth-order valence-corrected chi connectivity index (χ4v) is 2.97. The highest BCUT2D eigenvalue weighted by Crippen LogP contribution is 2.19. The molecule has 2 rings (SSSR count). The molecular weight excluding hydrogens is 312 g/mol. The van der Waals surface area contributed by atoms with Gasteiger partial charge in [0.25, 0.3) is 0 Å². The van der Waals surface area contributed by atoms with Crippen LogP contribution in [0.3, 0.4) is 0 Å². The maximum absolute atomic E-state index is 5.31. The highest BCUT2D eigenvalue weighted by molar-refractivity contribution is 9.10. The first-order chi connectivity index (χ1) is 8.67. The van der Waals surface area contributed by atoms with Gasteiger partial charge >= 0.3 is 0 Å². The number of benzene rings is 1. The van der Waals surface area contributed by atoms with Gasteiger partial charge in [0.05, 0.1) is 0 Å².